The first-order valence-corrected chi connectivity index (χ1v) is 6.76. The van der Waals surface area contributed by atoms with Gasteiger partial charge >= 0.3 is 0 Å². The van der Waals surface area contributed by atoms with E-state index in [1.807, 2.05) is 12.1 Å². The molecule has 0 amide bonds. The van der Waals surface area contributed by atoms with Crippen molar-refractivity contribution in [2.24, 2.45) is 5.92 Å². The Kier molecular flexibility index (Phi) is 7.46. The summed E-state index contributed by atoms with van der Waals surface area (Å²) in [5.41, 5.74) is 1.27. The molecule has 18 heavy (non-hydrogen) atoms. The van der Waals surface area contributed by atoms with Gasteiger partial charge in [-0.15, -0.1) is 0 Å². The first-order chi connectivity index (χ1) is 8.72. The summed E-state index contributed by atoms with van der Waals surface area (Å²) in [4.78, 5) is 0. The van der Waals surface area contributed by atoms with Crippen LogP contribution in [0.15, 0.2) is 24.3 Å². The number of hydrogen-bond acceptors (Lipinski definition) is 3. The summed E-state index contributed by atoms with van der Waals surface area (Å²) in [6, 6.07) is 8.19. The molecule has 0 atom stereocenters. The SMILES string of the molecule is COc1cccc(CNCCCNCC(C)C)c1. The Morgan fingerprint density at radius 1 is 1.17 bits per heavy atom. The van der Waals surface area contributed by atoms with E-state index in [0.717, 1.165) is 44.3 Å². The number of ether oxygens (including phenoxy) is 1. The van der Waals surface area contributed by atoms with Gasteiger partial charge in [0.05, 0.1) is 7.11 Å². The number of benzene rings is 1. The zero-order chi connectivity index (χ0) is 13.2. The van der Waals surface area contributed by atoms with Crippen LogP contribution in [0.5, 0.6) is 5.75 Å². The Labute approximate surface area is 111 Å². The lowest BCUT2D eigenvalue weighted by atomic mass is 10.2. The highest BCUT2D eigenvalue weighted by molar-refractivity contribution is 5.28. The molecule has 0 unspecified atom stereocenters. The lowest BCUT2D eigenvalue weighted by Gasteiger charge is -2.08. The van der Waals surface area contributed by atoms with Crippen molar-refractivity contribution >= 4 is 0 Å². The smallest absolute Gasteiger partial charge is 0.119 e. The van der Waals surface area contributed by atoms with E-state index in [9.17, 15) is 0 Å². The van der Waals surface area contributed by atoms with Gasteiger partial charge in [-0.25, -0.2) is 0 Å². The summed E-state index contributed by atoms with van der Waals surface area (Å²) in [6.07, 6.45) is 1.16. The minimum atomic E-state index is 0.731. The summed E-state index contributed by atoms with van der Waals surface area (Å²) >= 11 is 0. The minimum absolute atomic E-state index is 0.731. The predicted octanol–water partition coefficient (Wildman–Crippen LogP) is 2.42. The van der Waals surface area contributed by atoms with Gasteiger partial charge in [-0.1, -0.05) is 26.0 Å². The number of methoxy groups -OCH3 is 1. The van der Waals surface area contributed by atoms with Crippen LogP contribution in [-0.2, 0) is 6.54 Å². The predicted molar refractivity (Wildman–Crippen MR) is 77.0 cm³/mol. The largest absolute Gasteiger partial charge is 0.497 e. The van der Waals surface area contributed by atoms with Gasteiger partial charge in [0, 0.05) is 6.54 Å². The maximum Gasteiger partial charge on any atom is 0.119 e. The topological polar surface area (TPSA) is 33.3 Å². The molecule has 2 N–H and O–H groups in total. The van der Waals surface area contributed by atoms with Crippen molar-refractivity contribution in [1.82, 2.24) is 10.6 Å². The highest BCUT2D eigenvalue weighted by atomic mass is 16.5. The Morgan fingerprint density at radius 2 is 1.94 bits per heavy atom. The molecule has 0 fully saturated rings. The average molecular weight is 250 g/mol. The van der Waals surface area contributed by atoms with Crippen molar-refractivity contribution in [3.05, 3.63) is 29.8 Å². The van der Waals surface area contributed by atoms with E-state index >= 15 is 0 Å². The van der Waals surface area contributed by atoms with Crippen LogP contribution in [0.1, 0.15) is 25.8 Å². The second-order valence-electron chi connectivity index (χ2n) is 4.98. The Balaban J connectivity index is 2.06. The summed E-state index contributed by atoms with van der Waals surface area (Å²) < 4.78 is 5.20. The van der Waals surface area contributed by atoms with Gasteiger partial charge in [-0.05, 0) is 49.7 Å². The summed E-state index contributed by atoms with van der Waals surface area (Å²) in [5.74, 6) is 1.66. The quantitative estimate of drug-likeness (QED) is 0.660. The molecule has 3 nitrogen and oxygen atoms in total. The molecule has 0 aromatic heterocycles. The molecule has 3 heteroatoms. The Morgan fingerprint density at radius 3 is 2.67 bits per heavy atom. The molecule has 0 aliphatic heterocycles. The van der Waals surface area contributed by atoms with Crippen LogP contribution in [0.2, 0.25) is 0 Å². The fourth-order valence-electron chi connectivity index (χ4n) is 1.74. The highest BCUT2D eigenvalue weighted by Gasteiger charge is 1.96. The standard InChI is InChI=1S/C15H26N2O/c1-13(2)11-16-8-5-9-17-12-14-6-4-7-15(10-14)18-3/h4,6-7,10,13,16-17H,5,8-9,11-12H2,1-3H3. The summed E-state index contributed by atoms with van der Waals surface area (Å²) in [5, 5.41) is 6.89. The summed E-state index contributed by atoms with van der Waals surface area (Å²) in [6.45, 7) is 8.60. The normalized spacial score (nSPS) is 10.9. The summed E-state index contributed by atoms with van der Waals surface area (Å²) in [7, 11) is 1.70. The maximum absolute atomic E-state index is 5.20. The third kappa shape index (κ3) is 6.62. The second-order valence-corrected chi connectivity index (χ2v) is 4.98. The van der Waals surface area contributed by atoms with Crippen LogP contribution < -0.4 is 15.4 Å². The molecule has 0 saturated carbocycles. The fraction of sp³-hybridized carbons (Fsp3) is 0.600. The van der Waals surface area contributed by atoms with Crippen LogP contribution in [0.3, 0.4) is 0 Å². The van der Waals surface area contributed by atoms with Gasteiger partial charge < -0.3 is 15.4 Å². The number of nitrogens with one attached hydrogen (secondary N) is 2. The number of hydrogen-bond donors (Lipinski definition) is 2. The Hall–Kier alpha value is -1.06. The molecule has 0 aliphatic rings. The van der Waals surface area contributed by atoms with Crippen LogP contribution in [0.25, 0.3) is 0 Å². The maximum atomic E-state index is 5.20. The van der Waals surface area contributed by atoms with Gasteiger partial charge in [0.15, 0.2) is 0 Å². The van der Waals surface area contributed by atoms with E-state index < -0.39 is 0 Å². The van der Waals surface area contributed by atoms with Gasteiger partial charge in [0.2, 0.25) is 0 Å². The van der Waals surface area contributed by atoms with Crippen LogP contribution in [-0.4, -0.2) is 26.7 Å². The first-order valence-electron chi connectivity index (χ1n) is 6.76. The monoisotopic (exact) mass is 250 g/mol. The second kappa shape index (κ2) is 8.95. The van der Waals surface area contributed by atoms with E-state index in [1.54, 1.807) is 7.11 Å². The fourth-order valence-corrected chi connectivity index (χ4v) is 1.74. The lowest BCUT2D eigenvalue weighted by Crippen LogP contribution is -2.24. The zero-order valence-electron chi connectivity index (χ0n) is 11.8. The van der Waals surface area contributed by atoms with E-state index in [1.165, 1.54) is 5.56 Å². The lowest BCUT2D eigenvalue weighted by molar-refractivity contribution is 0.414. The van der Waals surface area contributed by atoms with Gasteiger partial charge in [-0.3, -0.25) is 0 Å². The van der Waals surface area contributed by atoms with E-state index in [2.05, 4.69) is 36.6 Å². The third-order valence-electron chi connectivity index (χ3n) is 2.72. The molecular weight excluding hydrogens is 224 g/mol. The number of rotatable bonds is 9. The molecule has 1 aromatic carbocycles. The van der Waals surface area contributed by atoms with Gasteiger partial charge in [-0.2, -0.15) is 0 Å². The molecule has 0 bridgehead atoms. The third-order valence-corrected chi connectivity index (χ3v) is 2.72. The molecule has 0 spiro atoms. The average Bonchev–Trinajstić information content (AvgIpc) is 2.37. The zero-order valence-corrected chi connectivity index (χ0v) is 11.8. The van der Waals surface area contributed by atoms with E-state index in [4.69, 9.17) is 4.74 Å². The molecule has 1 aromatic rings. The van der Waals surface area contributed by atoms with Crippen molar-refractivity contribution in [2.45, 2.75) is 26.8 Å². The van der Waals surface area contributed by atoms with Crippen LogP contribution in [0, 0.1) is 5.92 Å². The molecule has 0 radical (unpaired) electrons. The van der Waals surface area contributed by atoms with E-state index in [0.29, 0.717) is 0 Å². The van der Waals surface area contributed by atoms with Crippen LogP contribution in [0.4, 0.5) is 0 Å². The molecule has 0 heterocycles. The first kappa shape index (κ1) is 15.0. The highest BCUT2D eigenvalue weighted by Crippen LogP contribution is 2.11. The molecular formula is C15H26N2O. The van der Waals surface area contributed by atoms with Crippen molar-refractivity contribution in [3.8, 4) is 5.75 Å². The van der Waals surface area contributed by atoms with Crippen molar-refractivity contribution in [1.29, 1.82) is 0 Å². The van der Waals surface area contributed by atoms with Gasteiger partial charge in [0.1, 0.15) is 5.75 Å². The van der Waals surface area contributed by atoms with Crippen molar-refractivity contribution < 1.29 is 4.74 Å². The van der Waals surface area contributed by atoms with E-state index in [-0.39, 0.29) is 0 Å². The minimum Gasteiger partial charge on any atom is -0.497 e. The van der Waals surface area contributed by atoms with Gasteiger partial charge in [0.25, 0.3) is 0 Å². The van der Waals surface area contributed by atoms with Crippen molar-refractivity contribution in [3.63, 3.8) is 0 Å². The molecule has 1 rings (SSSR count). The molecule has 0 aliphatic carbocycles. The van der Waals surface area contributed by atoms with Crippen LogP contribution >= 0.6 is 0 Å². The Bertz CT molecular complexity index is 326. The van der Waals surface area contributed by atoms with Crippen molar-refractivity contribution in [2.75, 3.05) is 26.7 Å². The molecule has 0 saturated heterocycles. The molecule has 102 valence electrons.